The predicted molar refractivity (Wildman–Crippen MR) is 125 cm³/mol. The predicted octanol–water partition coefficient (Wildman–Crippen LogP) is 1.53. The number of hydrogen-bond acceptors (Lipinski definition) is 5. The number of carbonyl (C=O) groups excluding carboxylic acids is 3. The minimum atomic E-state index is -3.87. The second-order valence-electron chi connectivity index (χ2n) is 8.17. The molecule has 178 valence electrons. The fourth-order valence-corrected chi connectivity index (χ4v) is 4.02. The monoisotopic (exact) mass is 474 g/mol. The van der Waals surface area contributed by atoms with Gasteiger partial charge in [-0.05, 0) is 44.0 Å². The highest BCUT2D eigenvalue weighted by Gasteiger charge is 2.26. The van der Waals surface area contributed by atoms with Crippen LogP contribution in [0.3, 0.4) is 0 Å². The van der Waals surface area contributed by atoms with Gasteiger partial charge in [-0.25, -0.2) is 8.42 Å². The lowest BCUT2D eigenvalue weighted by molar-refractivity contribution is -0.130. The third-order valence-corrected chi connectivity index (χ3v) is 6.79. The first-order valence-corrected chi connectivity index (χ1v) is 11.8. The summed E-state index contributed by atoms with van der Waals surface area (Å²) >= 11 is 0. The topological polar surface area (TPSA) is 125 Å². The van der Waals surface area contributed by atoms with Gasteiger partial charge in [-0.15, -0.1) is 0 Å². The molecule has 2 aromatic carbocycles. The maximum atomic E-state index is 12.6. The number of nitrogens with one attached hydrogen (secondary N) is 3. The summed E-state index contributed by atoms with van der Waals surface area (Å²) in [4.78, 5) is 37.3. The van der Waals surface area contributed by atoms with E-state index in [-0.39, 0.29) is 10.8 Å². The van der Waals surface area contributed by atoms with Gasteiger partial charge in [0.25, 0.3) is 17.7 Å². The zero-order chi connectivity index (χ0) is 24.8. The Hall–Kier alpha value is -3.24. The molecule has 3 N–H and O–H groups in total. The van der Waals surface area contributed by atoms with Gasteiger partial charge in [0, 0.05) is 12.6 Å². The van der Waals surface area contributed by atoms with E-state index in [0.29, 0.717) is 5.56 Å². The lowest BCUT2D eigenvalue weighted by Gasteiger charge is -2.22. The minimum absolute atomic E-state index is 0.0612. The molecule has 0 bridgehead atoms. The lowest BCUT2D eigenvalue weighted by Crippen LogP contribution is -2.55. The van der Waals surface area contributed by atoms with Gasteiger partial charge in [-0.1, -0.05) is 49.2 Å². The first kappa shape index (κ1) is 26.0. The molecule has 1 unspecified atom stereocenters. The molecule has 10 heteroatoms. The van der Waals surface area contributed by atoms with Gasteiger partial charge >= 0.3 is 0 Å². The normalized spacial score (nSPS) is 12.3. The van der Waals surface area contributed by atoms with Crippen LogP contribution in [-0.2, 0) is 19.6 Å². The molecule has 0 aliphatic rings. The van der Waals surface area contributed by atoms with Crippen LogP contribution in [0.15, 0.2) is 53.4 Å². The van der Waals surface area contributed by atoms with Crippen molar-refractivity contribution in [3.05, 3.63) is 65.2 Å². The third kappa shape index (κ3) is 7.13. The zero-order valence-electron chi connectivity index (χ0n) is 19.4. The smallest absolute Gasteiger partial charge is 0.261 e. The molecule has 3 amide bonds. The van der Waals surface area contributed by atoms with E-state index in [1.165, 1.54) is 19.2 Å². The van der Waals surface area contributed by atoms with Crippen molar-refractivity contribution in [2.24, 2.45) is 5.92 Å². The van der Waals surface area contributed by atoms with Crippen molar-refractivity contribution in [1.82, 2.24) is 20.5 Å². The Labute approximate surface area is 194 Å². The van der Waals surface area contributed by atoms with Crippen LogP contribution in [0.2, 0.25) is 0 Å². The van der Waals surface area contributed by atoms with E-state index < -0.39 is 40.3 Å². The molecule has 9 nitrogen and oxygen atoms in total. The maximum absolute atomic E-state index is 12.6. The average Bonchev–Trinajstić information content (AvgIpc) is 2.76. The molecule has 0 saturated carbocycles. The molecule has 0 spiro atoms. The van der Waals surface area contributed by atoms with E-state index >= 15 is 0 Å². The number of benzene rings is 2. The number of amides is 3. The average molecular weight is 475 g/mol. The Morgan fingerprint density at radius 1 is 0.879 bits per heavy atom. The Morgan fingerprint density at radius 3 is 1.91 bits per heavy atom. The lowest BCUT2D eigenvalue weighted by atomic mass is 10.0. The Morgan fingerprint density at radius 2 is 1.39 bits per heavy atom. The van der Waals surface area contributed by atoms with E-state index in [2.05, 4.69) is 16.2 Å². The fraction of sp³-hybridized carbons (Fsp3) is 0.348. The van der Waals surface area contributed by atoms with Crippen LogP contribution in [0.1, 0.15) is 35.3 Å². The van der Waals surface area contributed by atoms with Gasteiger partial charge in [0.15, 0.2) is 0 Å². The standard InChI is InChI=1S/C23H30N4O5S/c1-15(2)21(24-22(29)18-10-6-16(3)7-11-18)23(30)26-25-20(28)14-27(5)33(31,32)19-12-8-17(4)9-13-19/h6-13,15,21H,14H2,1-5H3,(H,24,29)(H,25,28)(H,26,30). The highest BCUT2D eigenvalue weighted by molar-refractivity contribution is 7.89. The largest absolute Gasteiger partial charge is 0.340 e. The van der Waals surface area contributed by atoms with Crippen molar-refractivity contribution in [1.29, 1.82) is 0 Å². The van der Waals surface area contributed by atoms with Crippen LogP contribution in [-0.4, -0.2) is 50.1 Å². The number of hydrogen-bond donors (Lipinski definition) is 3. The van der Waals surface area contributed by atoms with Crippen LogP contribution < -0.4 is 16.2 Å². The van der Waals surface area contributed by atoms with Crippen molar-refractivity contribution in [2.75, 3.05) is 13.6 Å². The fourth-order valence-electron chi connectivity index (χ4n) is 2.89. The molecule has 33 heavy (non-hydrogen) atoms. The summed E-state index contributed by atoms with van der Waals surface area (Å²) in [5.41, 5.74) is 6.78. The van der Waals surface area contributed by atoms with Crippen LogP contribution in [0, 0.1) is 19.8 Å². The summed E-state index contributed by atoms with van der Waals surface area (Å²) in [6.07, 6.45) is 0. The van der Waals surface area contributed by atoms with E-state index in [0.717, 1.165) is 15.4 Å². The van der Waals surface area contributed by atoms with Gasteiger partial charge in [0.1, 0.15) is 6.04 Å². The van der Waals surface area contributed by atoms with Crippen molar-refractivity contribution < 1.29 is 22.8 Å². The second kappa shape index (κ2) is 11.1. The van der Waals surface area contributed by atoms with E-state index in [1.54, 1.807) is 50.2 Å². The second-order valence-corrected chi connectivity index (χ2v) is 10.2. The maximum Gasteiger partial charge on any atom is 0.261 e. The van der Waals surface area contributed by atoms with Gasteiger partial charge in [-0.3, -0.25) is 25.2 Å². The molecule has 0 fully saturated rings. The molecule has 2 aromatic rings. The summed E-state index contributed by atoms with van der Waals surface area (Å²) in [6.45, 7) is 6.74. The number of carbonyl (C=O) groups is 3. The number of aryl methyl sites for hydroxylation is 2. The van der Waals surface area contributed by atoms with Gasteiger partial charge in [0.05, 0.1) is 11.4 Å². The van der Waals surface area contributed by atoms with E-state index in [1.807, 2.05) is 13.8 Å². The number of likely N-dealkylation sites (N-methyl/N-ethyl adjacent to an activating group) is 1. The molecule has 2 rings (SSSR count). The molecule has 0 aliphatic carbocycles. The van der Waals surface area contributed by atoms with Crippen molar-refractivity contribution in [2.45, 2.75) is 38.6 Å². The number of sulfonamides is 1. The van der Waals surface area contributed by atoms with Crippen LogP contribution in [0.25, 0.3) is 0 Å². The first-order chi connectivity index (χ1) is 15.4. The molecular weight excluding hydrogens is 444 g/mol. The van der Waals surface area contributed by atoms with Crippen LogP contribution in [0.4, 0.5) is 0 Å². The van der Waals surface area contributed by atoms with Gasteiger partial charge in [0.2, 0.25) is 10.0 Å². The SMILES string of the molecule is Cc1ccc(C(=O)NC(C(=O)NNC(=O)CN(C)S(=O)(=O)c2ccc(C)cc2)C(C)C)cc1. The van der Waals surface area contributed by atoms with Crippen LogP contribution >= 0.6 is 0 Å². The van der Waals surface area contributed by atoms with Gasteiger partial charge < -0.3 is 5.32 Å². The Balaban J connectivity index is 1.95. The minimum Gasteiger partial charge on any atom is -0.340 e. The summed E-state index contributed by atoms with van der Waals surface area (Å²) in [5, 5.41) is 2.66. The van der Waals surface area contributed by atoms with Crippen molar-refractivity contribution in [3.8, 4) is 0 Å². The summed E-state index contributed by atoms with van der Waals surface area (Å²) in [5.74, 6) is -2.03. The molecule has 0 aromatic heterocycles. The quantitative estimate of drug-likeness (QED) is 0.501. The summed E-state index contributed by atoms with van der Waals surface area (Å²) in [7, 11) is -2.59. The molecule has 0 radical (unpaired) electrons. The summed E-state index contributed by atoms with van der Waals surface area (Å²) < 4.78 is 26.1. The Kier molecular flexibility index (Phi) is 8.72. The first-order valence-electron chi connectivity index (χ1n) is 10.4. The van der Waals surface area contributed by atoms with E-state index in [4.69, 9.17) is 0 Å². The van der Waals surface area contributed by atoms with Crippen molar-refractivity contribution >= 4 is 27.7 Å². The highest BCUT2D eigenvalue weighted by atomic mass is 32.2. The van der Waals surface area contributed by atoms with Crippen LogP contribution in [0.5, 0.6) is 0 Å². The third-order valence-electron chi connectivity index (χ3n) is 4.97. The number of hydrazine groups is 1. The molecule has 0 saturated heterocycles. The zero-order valence-corrected chi connectivity index (χ0v) is 20.2. The van der Waals surface area contributed by atoms with Crippen molar-refractivity contribution in [3.63, 3.8) is 0 Å². The molecule has 1 atom stereocenters. The van der Waals surface area contributed by atoms with E-state index in [9.17, 15) is 22.8 Å². The summed E-state index contributed by atoms with van der Waals surface area (Å²) in [6, 6.07) is 12.2. The van der Waals surface area contributed by atoms with Gasteiger partial charge in [-0.2, -0.15) is 4.31 Å². The molecule has 0 aliphatic heterocycles. The number of rotatable bonds is 8. The Bertz CT molecular complexity index is 1100. The molecule has 0 heterocycles. The molecular formula is C23H30N4O5S. The number of nitrogens with zero attached hydrogens (tertiary/aromatic N) is 1. The highest BCUT2D eigenvalue weighted by Crippen LogP contribution is 2.14.